The Morgan fingerprint density at radius 2 is 2.06 bits per heavy atom. The number of hydrogen-bond donors (Lipinski definition) is 2. The number of rotatable bonds is 11. The molecule has 0 saturated heterocycles. The van der Waals surface area contributed by atoms with Crippen molar-refractivity contribution >= 4 is 5.97 Å². The fraction of sp³-hybridized carbons (Fsp3) is 0.917. The Morgan fingerprint density at radius 3 is 2.59 bits per heavy atom. The summed E-state index contributed by atoms with van der Waals surface area (Å²) in [5.74, 6) is -0.858. The van der Waals surface area contributed by atoms with Crippen LogP contribution in [0.4, 0.5) is 0 Å². The summed E-state index contributed by atoms with van der Waals surface area (Å²) in [7, 11) is 1.57. The number of carbonyl (C=O) groups is 1. The van der Waals surface area contributed by atoms with Gasteiger partial charge < -0.3 is 14.6 Å². The number of methoxy groups -OCH3 is 1. The molecule has 17 heavy (non-hydrogen) atoms. The van der Waals surface area contributed by atoms with Crippen LogP contribution in [0.25, 0.3) is 0 Å². The number of hydrogen-bond acceptors (Lipinski definition) is 4. The maximum Gasteiger partial charge on any atom is 0.323 e. The van der Waals surface area contributed by atoms with Gasteiger partial charge in [0, 0.05) is 26.9 Å². The number of carboxylic acids is 1. The van der Waals surface area contributed by atoms with Gasteiger partial charge in [-0.3, -0.25) is 10.1 Å². The Kier molecular flexibility index (Phi) is 9.03. The highest BCUT2D eigenvalue weighted by molar-refractivity contribution is 5.78. The predicted molar refractivity (Wildman–Crippen MR) is 66.3 cm³/mol. The van der Waals surface area contributed by atoms with Crippen LogP contribution in [-0.4, -0.2) is 50.1 Å². The maximum absolute atomic E-state index is 11.1. The van der Waals surface area contributed by atoms with Crippen LogP contribution in [0.2, 0.25) is 0 Å². The monoisotopic (exact) mass is 247 g/mol. The van der Waals surface area contributed by atoms with Crippen LogP contribution in [0.3, 0.4) is 0 Å². The standard InChI is InChI=1S/C12H25NO4/c1-4-5-8-17-10-7-13-12(2,11(14)15)6-9-16-3/h13H,4-10H2,1-3H3,(H,14,15). The topological polar surface area (TPSA) is 67.8 Å². The lowest BCUT2D eigenvalue weighted by Crippen LogP contribution is -2.51. The minimum absolute atomic E-state index is 0.423. The zero-order chi connectivity index (χ0) is 13.1. The van der Waals surface area contributed by atoms with Crippen molar-refractivity contribution in [2.24, 2.45) is 0 Å². The lowest BCUT2D eigenvalue weighted by Gasteiger charge is -2.26. The number of unbranched alkanes of at least 4 members (excludes halogenated alkanes) is 1. The summed E-state index contributed by atoms with van der Waals surface area (Å²) >= 11 is 0. The van der Waals surface area contributed by atoms with Crippen molar-refractivity contribution in [2.75, 3.05) is 33.5 Å². The van der Waals surface area contributed by atoms with Crippen molar-refractivity contribution in [3.8, 4) is 0 Å². The first-order valence-electron chi connectivity index (χ1n) is 6.12. The van der Waals surface area contributed by atoms with E-state index in [1.807, 2.05) is 0 Å². The molecule has 0 saturated carbocycles. The fourth-order valence-electron chi connectivity index (χ4n) is 1.32. The van der Waals surface area contributed by atoms with Crippen molar-refractivity contribution in [2.45, 2.75) is 38.6 Å². The summed E-state index contributed by atoms with van der Waals surface area (Å²) in [5.41, 5.74) is -0.940. The van der Waals surface area contributed by atoms with Gasteiger partial charge in [-0.1, -0.05) is 13.3 Å². The Hall–Kier alpha value is -0.650. The Bertz CT molecular complexity index is 211. The molecular weight excluding hydrogens is 222 g/mol. The molecular formula is C12H25NO4. The van der Waals surface area contributed by atoms with E-state index in [1.165, 1.54) is 0 Å². The molecule has 0 radical (unpaired) electrons. The molecule has 0 fully saturated rings. The van der Waals surface area contributed by atoms with Crippen LogP contribution in [0.1, 0.15) is 33.1 Å². The Labute approximate surface area is 103 Å². The van der Waals surface area contributed by atoms with Crippen LogP contribution in [0, 0.1) is 0 Å². The van der Waals surface area contributed by atoms with E-state index >= 15 is 0 Å². The van der Waals surface area contributed by atoms with E-state index in [0.29, 0.717) is 26.2 Å². The summed E-state index contributed by atoms with van der Waals surface area (Å²) in [5, 5.41) is 12.1. The highest BCUT2D eigenvalue weighted by Gasteiger charge is 2.31. The van der Waals surface area contributed by atoms with Gasteiger partial charge in [-0.2, -0.15) is 0 Å². The van der Waals surface area contributed by atoms with Crippen LogP contribution < -0.4 is 5.32 Å². The van der Waals surface area contributed by atoms with E-state index in [0.717, 1.165) is 19.4 Å². The maximum atomic E-state index is 11.1. The van der Waals surface area contributed by atoms with Crippen molar-refractivity contribution in [1.29, 1.82) is 0 Å². The van der Waals surface area contributed by atoms with Crippen LogP contribution in [-0.2, 0) is 14.3 Å². The van der Waals surface area contributed by atoms with E-state index < -0.39 is 11.5 Å². The molecule has 0 aromatic heterocycles. The second kappa shape index (κ2) is 9.39. The molecule has 1 unspecified atom stereocenters. The normalized spacial score (nSPS) is 14.5. The average Bonchev–Trinajstić information content (AvgIpc) is 2.31. The molecule has 0 aliphatic rings. The minimum atomic E-state index is -0.940. The molecule has 2 N–H and O–H groups in total. The minimum Gasteiger partial charge on any atom is -0.480 e. The van der Waals surface area contributed by atoms with Crippen molar-refractivity contribution in [3.05, 3.63) is 0 Å². The van der Waals surface area contributed by atoms with Gasteiger partial charge in [-0.25, -0.2) is 0 Å². The van der Waals surface area contributed by atoms with Gasteiger partial charge in [0.15, 0.2) is 0 Å². The quantitative estimate of drug-likeness (QED) is 0.538. The molecule has 0 aliphatic heterocycles. The van der Waals surface area contributed by atoms with E-state index in [1.54, 1.807) is 14.0 Å². The summed E-state index contributed by atoms with van der Waals surface area (Å²) in [6.45, 7) is 6.01. The second-order valence-corrected chi connectivity index (χ2v) is 4.27. The molecule has 5 nitrogen and oxygen atoms in total. The third-order valence-corrected chi connectivity index (χ3v) is 2.68. The Morgan fingerprint density at radius 1 is 1.35 bits per heavy atom. The van der Waals surface area contributed by atoms with E-state index in [9.17, 15) is 4.79 Å². The van der Waals surface area contributed by atoms with Crippen LogP contribution in [0.5, 0.6) is 0 Å². The van der Waals surface area contributed by atoms with Crippen LogP contribution >= 0.6 is 0 Å². The highest BCUT2D eigenvalue weighted by Crippen LogP contribution is 2.09. The van der Waals surface area contributed by atoms with E-state index in [-0.39, 0.29) is 0 Å². The molecule has 0 rings (SSSR count). The van der Waals surface area contributed by atoms with Gasteiger partial charge in [0.05, 0.1) is 6.61 Å². The van der Waals surface area contributed by atoms with E-state index in [4.69, 9.17) is 14.6 Å². The molecule has 0 heterocycles. The molecule has 0 aromatic carbocycles. The third kappa shape index (κ3) is 7.31. The molecule has 0 amide bonds. The number of aliphatic carboxylic acids is 1. The first kappa shape index (κ1) is 16.4. The second-order valence-electron chi connectivity index (χ2n) is 4.27. The van der Waals surface area contributed by atoms with Gasteiger partial charge in [-0.15, -0.1) is 0 Å². The molecule has 0 aromatic rings. The molecule has 5 heteroatoms. The van der Waals surface area contributed by atoms with Crippen molar-refractivity contribution in [1.82, 2.24) is 5.32 Å². The largest absolute Gasteiger partial charge is 0.480 e. The van der Waals surface area contributed by atoms with Gasteiger partial charge in [0.25, 0.3) is 0 Å². The van der Waals surface area contributed by atoms with Gasteiger partial charge in [0.2, 0.25) is 0 Å². The molecule has 1 atom stereocenters. The Balaban J connectivity index is 3.81. The molecule has 102 valence electrons. The first-order chi connectivity index (χ1) is 8.06. The molecule has 0 bridgehead atoms. The highest BCUT2D eigenvalue weighted by atomic mass is 16.5. The molecule has 0 spiro atoms. The molecule has 0 aliphatic carbocycles. The third-order valence-electron chi connectivity index (χ3n) is 2.68. The number of nitrogens with one attached hydrogen (secondary N) is 1. The summed E-state index contributed by atoms with van der Waals surface area (Å²) in [6, 6.07) is 0. The fourth-order valence-corrected chi connectivity index (χ4v) is 1.32. The summed E-state index contributed by atoms with van der Waals surface area (Å²) in [4.78, 5) is 11.1. The van der Waals surface area contributed by atoms with Crippen LogP contribution in [0.15, 0.2) is 0 Å². The lowest BCUT2D eigenvalue weighted by atomic mass is 9.98. The zero-order valence-corrected chi connectivity index (χ0v) is 11.1. The van der Waals surface area contributed by atoms with Gasteiger partial charge in [0.1, 0.15) is 5.54 Å². The van der Waals surface area contributed by atoms with Crippen molar-refractivity contribution < 1.29 is 19.4 Å². The number of ether oxygens (including phenoxy) is 2. The van der Waals surface area contributed by atoms with E-state index in [2.05, 4.69) is 12.2 Å². The van der Waals surface area contributed by atoms with Gasteiger partial charge in [-0.05, 0) is 19.8 Å². The number of carboxylic acid groups (broad SMARTS) is 1. The lowest BCUT2D eigenvalue weighted by molar-refractivity contribution is -0.145. The first-order valence-corrected chi connectivity index (χ1v) is 6.12. The summed E-state index contributed by atoms with van der Waals surface area (Å²) < 4.78 is 10.3. The zero-order valence-electron chi connectivity index (χ0n) is 11.1. The average molecular weight is 247 g/mol. The summed E-state index contributed by atoms with van der Waals surface area (Å²) in [6.07, 6.45) is 2.59. The van der Waals surface area contributed by atoms with Crippen molar-refractivity contribution in [3.63, 3.8) is 0 Å². The SMILES string of the molecule is CCCCOCCNC(C)(CCOC)C(=O)O. The smallest absolute Gasteiger partial charge is 0.323 e. The predicted octanol–water partition coefficient (Wildman–Crippen LogP) is 1.27. The van der Waals surface area contributed by atoms with Gasteiger partial charge >= 0.3 is 5.97 Å².